The fourth-order valence-electron chi connectivity index (χ4n) is 4.71. The Labute approximate surface area is 182 Å². The van der Waals surface area contributed by atoms with Gasteiger partial charge in [-0.2, -0.15) is 5.06 Å². The second-order valence-corrected chi connectivity index (χ2v) is 9.16. The van der Waals surface area contributed by atoms with E-state index in [2.05, 4.69) is 22.1 Å². The Balaban J connectivity index is 1.32. The van der Waals surface area contributed by atoms with Crippen molar-refractivity contribution in [1.82, 2.24) is 25.5 Å². The summed E-state index contributed by atoms with van der Waals surface area (Å²) in [5.74, 6) is 1.17. The van der Waals surface area contributed by atoms with Gasteiger partial charge in [-0.3, -0.25) is 4.84 Å². The van der Waals surface area contributed by atoms with Crippen molar-refractivity contribution in [2.24, 2.45) is 5.41 Å². The number of allylic oxidation sites excluding steroid dienone is 1. The van der Waals surface area contributed by atoms with Gasteiger partial charge in [0, 0.05) is 18.8 Å². The third-order valence-electron chi connectivity index (χ3n) is 6.75. The summed E-state index contributed by atoms with van der Waals surface area (Å²) < 4.78 is 6.06. The summed E-state index contributed by atoms with van der Waals surface area (Å²) in [6.07, 6.45) is 3.04. The smallest absolute Gasteiger partial charge is 0.345 e. The highest BCUT2D eigenvalue weighted by molar-refractivity contribution is 5.77. The number of carbonyl (C=O) groups is 1. The zero-order chi connectivity index (χ0) is 21.6. The van der Waals surface area contributed by atoms with Gasteiger partial charge in [0.25, 0.3) is 0 Å². The highest BCUT2D eigenvalue weighted by Gasteiger charge is 2.64. The minimum absolute atomic E-state index is 0.0594. The maximum Gasteiger partial charge on any atom is 0.345 e. The average molecular weight is 424 g/mol. The van der Waals surface area contributed by atoms with Crippen LogP contribution in [-0.4, -0.2) is 45.3 Å². The molecule has 1 spiro atoms. The van der Waals surface area contributed by atoms with Crippen LogP contribution in [0.3, 0.4) is 0 Å². The Hall–Kier alpha value is -2.87. The minimum atomic E-state index is -0.195. The van der Waals surface area contributed by atoms with Crippen molar-refractivity contribution in [3.05, 3.63) is 60.0 Å². The fourth-order valence-corrected chi connectivity index (χ4v) is 4.71. The van der Waals surface area contributed by atoms with Crippen LogP contribution in [0.15, 0.2) is 47.0 Å². The Morgan fingerprint density at radius 3 is 2.84 bits per heavy atom. The van der Waals surface area contributed by atoms with Crippen molar-refractivity contribution in [2.45, 2.75) is 57.7 Å². The highest BCUT2D eigenvalue weighted by atomic mass is 16.7. The molecule has 2 saturated heterocycles. The van der Waals surface area contributed by atoms with E-state index in [1.54, 1.807) is 5.06 Å². The Bertz CT molecular complexity index is 971. The van der Waals surface area contributed by atoms with Crippen molar-refractivity contribution >= 4 is 6.03 Å². The van der Waals surface area contributed by atoms with E-state index >= 15 is 0 Å². The number of aromatic nitrogens is 2. The first-order chi connectivity index (χ1) is 15.0. The monoisotopic (exact) mass is 423 g/mol. The molecule has 3 heterocycles. The van der Waals surface area contributed by atoms with Crippen molar-refractivity contribution in [3.63, 3.8) is 0 Å². The first-order valence-corrected chi connectivity index (χ1v) is 11.0. The van der Waals surface area contributed by atoms with Gasteiger partial charge in [0.1, 0.15) is 12.6 Å². The van der Waals surface area contributed by atoms with Gasteiger partial charge in [0.15, 0.2) is 0 Å². The van der Waals surface area contributed by atoms with E-state index < -0.39 is 0 Å². The Morgan fingerprint density at radius 1 is 1.35 bits per heavy atom. The third-order valence-corrected chi connectivity index (χ3v) is 6.75. The van der Waals surface area contributed by atoms with Crippen LogP contribution >= 0.6 is 0 Å². The van der Waals surface area contributed by atoms with E-state index in [0.29, 0.717) is 31.5 Å². The number of carbonyl (C=O) groups excluding carboxylic acids is 1. The van der Waals surface area contributed by atoms with Crippen LogP contribution in [0.4, 0.5) is 4.79 Å². The SMILES string of the molecule is C=C(C)NC[C@@H](C)c1nnc([C@@H]2CC3(CC3)[C@@H]3CN2C(=O)N3OCc2ccccc2)o1. The lowest BCUT2D eigenvalue weighted by molar-refractivity contribution is -0.153. The number of urea groups is 1. The molecule has 2 aromatic rings. The molecule has 164 valence electrons. The maximum absolute atomic E-state index is 13.2. The topological polar surface area (TPSA) is 83.7 Å². The molecular formula is C23H29N5O3. The van der Waals surface area contributed by atoms with Gasteiger partial charge < -0.3 is 14.6 Å². The maximum atomic E-state index is 13.2. The van der Waals surface area contributed by atoms with E-state index in [9.17, 15) is 4.79 Å². The van der Waals surface area contributed by atoms with Gasteiger partial charge in [-0.05, 0) is 37.2 Å². The van der Waals surface area contributed by atoms with Crippen LogP contribution in [0.25, 0.3) is 0 Å². The van der Waals surface area contributed by atoms with Crippen molar-refractivity contribution in [1.29, 1.82) is 0 Å². The summed E-state index contributed by atoms with van der Waals surface area (Å²) in [4.78, 5) is 21.1. The average Bonchev–Trinajstić information content (AvgIpc) is 3.24. The van der Waals surface area contributed by atoms with Gasteiger partial charge in [-0.15, -0.1) is 10.2 Å². The number of hydroxylamine groups is 2. The third kappa shape index (κ3) is 3.69. The molecule has 1 aliphatic carbocycles. The van der Waals surface area contributed by atoms with Crippen LogP contribution < -0.4 is 5.32 Å². The largest absolute Gasteiger partial charge is 0.423 e. The number of hydrogen-bond donors (Lipinski definition) is 1. The van der Waals surface area contributed by atoms with Crippen LogP contribution in [0.2, 0.25) is 0 Å². The molecule has 1 aromatic heterocycles. The highest BCUT2D eigenvalue weighted by Crippen LogP contribution is 2.61. The molecule has 2 bridgehead atoms. The fraction of sp³-hybridized carbons (Fsp3) is 0.522. The lowest BCUT2D eigenvalue weighted by Crippen LogP contribution is -2.42. The number of piperidine rings is 1. The molecule has 1 aromatic carbocycles. The van der Waals surface area contributed by atoms with Gasteiger partial charge in [0.05, 0.1) is 12.0 Å². The molecule has 31 heavy (non-hydrogen) atoms. The summed E-state index contributed by atoms with van der Waals surface area (Å²) in [6, 6.07) is 9.72. The number of hydrogen-bond acceptors (Lipinski definition) is 6. The molecule has 3 fully saturated rings. The van der Waals surface area contributed by atoms with E-state index in [1.807, 2.05) is 49.1 Å². The van der Waals surface area contributed by atoms with Gasteiger partial charge in [0.2, 0.25) is 11.8 Å². The summed E-state index contributed by atoms with van der Waals surface area (Å²) in [5.41, 5.74) is 2.04. The molecule has 3 atom stereocenters. The summed E-state index contributed by atoms with van der Waals surface area (Å²) in [6.45, 7) is 9.52. The van der Waals surface area contributed by atoms with E-state index in [1.165, 1.54) is 0 Å². The standard InChI is InChI=1S/C23H29N5O3/c1-15(2)24-12-16(3)20-25-26-21(31-20)18-11-23(9-10-23)19-13-27(18)22(29)28(19)30-14-17-7-5-4-6-8-17/h4-8,16,18-19,24H,1,9-14H2,2-3H3/t16-,18+,19+/m1/s1. The van der Waals surface area contributed by atoms with Crippen molar-refractivity contribution in [2.75, 3.05) is 13.1 Å². The lowest BCUT2D eigenvalue weighted by atomic mass is 9.85. The van der Waals surface area contributed by atoms with Crippen LogP contribution in [-0.2, 0) is 11.4 Å². The molecule has 1 saturated carbocycles. The zero-order valence-corrected chi connectivity index (χ0v) is 18.1. The molecule has 2 amide bonds. The summed E-state index contributed by atoms with van der Waals surface area (Å²) >= 11 is 0. The van der Waals surface area contributed by atoms with E-state index in [4.69, 9.17) is 9.25 Å². The Morgan fingerprint density at radius 2 is 2.13 bits per heavy atom. The predicted octanol–water partition coefficient (Wildman–Crippen LogP) is 3.76. The van der Waals surface area contributed by atoms with Crippen molar-refractivity contribution < 1.29 is 14.0 Å². The first-order valence-electron chi connectivity index (χ1n) is 11.0. The molecule has 8 heteroatoms. The molecule has 0 radical (unpaired) electrons. The quantitative estimate of drug-likeness (QED) is 0.696. The van der Waals surface area contributed by atoms with Gasteiger partial charge in [-0.1, -0.05) is 43.8 Å². The molecule has 1 N–H and O–H groups in total. The van der Waals surface area contributed by atoms with Crippen LogP contribution in [0.1, 0.15) is 62.4 Å². The molecule has 3 aliphatic rings. The second-order valence-electron chi connectivity index (χ2n) is 9.16. The predicted molar refractivity (Wildman–Crippen MR) is 114 cm³/mol. The lowest BCUT2D eigenvalue weighted by Gasteiger charge is -2.35. The first kappa shape index (κ1) is 20.1. The number of rotatable bonds is 8. The molecule has 2 aliphatic heterocycles. The van der Waals surface area contributed by atoms with E-state index in [-0.39, 0.29) is 29.4 Å². The van der Waals surface area contributed by atoms with Crippen LogP contribution in [0.5, 0.6) is 0 Å². The zero-order valence-electron chi connectivity index (χ0n) is 18.1. The van der Waals surface area contributed by atoms with E-state index in [0.717, 1.165) is 30.5 Å². The number of nitrogens with one attached hydrogen (secondary N) is 1. The number of nitrogens with zero attached hydrogens (tertiary/aromatic N) is 4. The Kier molecular flexibility index (Phi) is 4.97. The molecule has 5 rings (SSSR count). The molecule has 0 unspecified atom stereocenters. The van der Waals surface area contributed by atoms with Crippen LogP contribution in [0, 0.1) is 5.41 Å². The summed E-state index contributed by atoms with van der Waals surface area (Å²) in [5, 5.41) is 13.4. The number of fused-ring (bicyclic) bond motifs is 3. The number of amides is 2. The second kappa shape index (κ2) is 7.67. The summed E-state index contributed by atoms with van der Waals surface area (Å²) in [7, 11) is 0. The van der Waals surface area contributed by atoms with Gasteiger partial charge in [-0.25, -0.2) is 4.79 Å². The normalized spacial score (nSPS) is 24.5. The molecule has 8 nitrogen and oxygen atoms in total. The number of benzene rings is 1. The van der Waals surface area contributed by atoms with Crippen molar-refractivity contribution in [3.8, 4) is 0 Å². The van der Waals surface area contributed by atoms with Gasteiger partial charge >= 0.3 is 6.03 Å². The minimum Gasteiger partial charge on any atom is -0.423 e. The molecular weight excluding hydrogens is 394 g/mol.